The molecular weight excluding hydrogens is 274 g/mol. The number of nitrogens with zero attached hydrogens (tertiary/aromatic N) is 5. The number of rotatable bonds is 1. The standard InChI is InChI=1S/C17H21N5/c1-11-8-12(2)10-21(9-11)17-19-15-7-5-4-6-14(15)16-18-13(3)20-22(16)17/h4-7,11-12H,8-10H2,1-3H3. The van der Waals surface area contributed by atoms with Gasteiger partial charge in [0.15, 0.2) is 5.65 Å². The van der Waals surface area contributed by atoms with Crippen molar-refractivity contribution in [2.24, 2.45) is 11.8 Å². The predicted molar refractivity (Wildman–Crippen MR) is 88.2 cm³/mol. The lowest BCUT2D eigenvalue weighted by molar-refractivity contribution is 0.352. The zero-order valence-corrected chi connectivity index (χ0v) is 13.3. The van der Waals surface area contributed by atoms with E-state index in [1.807, 2.05) is 23.6 Å². The molecule has 1 fully saturated rings. The van der Waals surface area contributed by atoms with E-state index in [-0.39, 0.29) is 0 Å². The summed E-state index contributed by atoms with van der Waals surface area (Å²) in [4.78, 5) is 11.9. The molecule has 3 heterocycles. The lowest BCUT2D eigenvalue weighted by atomic mass is 9.92. The van der Waals surface area contributed by atoms with Crippen molar-refractivity contribution in [3.8, 4) is 0 Å². The van der Waals surface area contributed by atoms with Crippen molar-refractivity contribution in [2.75, 3.05) is 18.0 Å². The molecule has 4 rings (SSSR count). The van der Waals surface area contributed by atoms with Crippen LogP contribution in [0.5, 0.6) is 0 Å². The summed E-state index contributed by atoms with van der Waals surface area (Å²) in [5, 5.41) is 5.65. The maximum atomic E-state index is 4.90. The maximum Gasteiger partial charge on any atom is 0.229 e. The van der Waals surface area contributed by atoms with Gasteiger partial charge in [0.25, 0.3) is 0 Å². The Morgan fingerprint density at radius 1 is 1.05 bits per heavy atom. The molecule has 22 heavy (non-hydrogen) atoms. The minimum atomic E-state index is 0.677. The van der Waals surface area contributed by atoms with Gasteiger partial charge >= 0.3 is 0 Å². The molecule has 3 aromatic rings. The molecule has 2 unspecified atom stereocenters. The molecular formula is C17H21N5. The molecule has 0 saturated carbocycles. The summed E-state index contributed by atoms with van der Waals surface area (Å²) >= 11 is 0. The van der Waals surface area contributed by atoms with E-state index in [0.717, 1.165) is 41.4 Å². The van der Waals surface area contributed by atoms with Crippen molar-refractivity contribution in [3.63, 3.8) is 0 Å². The van der Waals surface area contributed by atoms with Gasteiger partial charge in [-0.3, -0.25) is 0 Å². The average Bonchev–Trinajstić information content (AvgIpc) is 2.87. The molecule has 2 aromatic heterocycles. The first-order valence-electron chi connectivity index (χ1n) is 7.99. The van der Waals surface area contributed by atoms with Crippen LogP contribution in [0.4, 0.5) is 5.95 Å². The van der Waals surface area contributed by atoms with Crippen molar-refractivity contribution < 1.29 is 0 Å². The van der Waals surface area contributed by atoms with Gasteiger partial charge in [-0.15, -0.1) is 5.10 Å². The predicted octanol–water partition coefficient (Wildman–Crippen LogP) is 3.07. The molecule has 0 bridgehead atoms. The molecule has 114 valence electrons. The lowest BCUT2D eigenvalue weighted by Gasteiger charge is -2.35. The second-order valence-corrected chi connectivity index (χ2v) is 6.67. The van der Waals surface area contributed by atoms with E-state index in [1.165, 1.54) is 6.42 Å². The van der Waals surface area contributed by atoms with Crippen molar-refractivity contribution in [2.45, 2.75) is 27.2 Å². The van der Waals surface area contributed by atoms with E-state index in [4.69, 9.17) is 4.98 Å². The fourth-order valence-electron chi connectivity index (χ4n) is 3.68. The fraction of sp³-hybridized carbons (Fsp3) is 0.471. The zero-order valence-electron chi connectivity index (χ0n) is 13.3. The van der Waals surface area contributed by atoms with Crippen LogP contribution in [0.1, 0.15) is 26.1 Å². The Bertz CT molecular complexity index is 828. The maximum absolute atomic E-state index is 4.90. The Kier molecular flexibility index (Phi) is 3.03. The smallest absolute Gasteiger partial charge is 0.229 e. The van der Waals surface area contributed by atoms with Crippen LogP contribution in [0, 0.1) is 18.8 Å². The van der Waals surface area contributed by atoms with Crippen molar-refractivity contribution in [3.05, 3.63) is 30.1 Å². The van der Waals surface area contributed by atoms with Gasteiger partial charge in [0.2, 0.25) is 5.95 Å². The second kappa shape index (κ2) is 4.93. The molecule has 0 amide bonds. The molecule has 1 aliphatic rings. The summed E-state index contributed by atoms with van der Waals surface area (Å²) in [6.45, 7) is 8.63. The van der Waals surface area contributed by atoms with Crippen LogP contribution in [0.15, 0.2) is 24.3 Å². The van der Waals surface area contributed by atoms with Crippen LogP contribution in [0.2, 0.25) is 0 Å². The number of anilines is 1. The molecule has 0 radical (unpaired) electrons. The highest BCUT2D eigenvalue weighted by Gasteiger charge is 2.25. The average molecular weight is 295 g/mol. The SMILES string of the molecule is Cc1nc2c3ccccc3nc(N3CC(C)CC(C)C3)n2n1. The minimum Gasteiger partial charge on any atom is -0.340 e. The van der Waals surface area contributed by atoms with Gasteiger partial charge in [-0.1, -0.05) is 26.0 Å². The number of hydrogen-bond donors (Lipinski definition) is 0. The summed E-state index contributed by atoms with van der Waals surface area (Å²) in [5.74, 6) is 3.07. The van der Waals surface area contributed by atoms with Crippen LogP contribution < -0.4 is 4.90 Å². The Labute approximate surface area is 130 Å². The molecule has 0 aliphatic carbocycles. The minimum absolute atomic E-state index is 0.677. The Morgan fingerprint density at radius 2 is 1.77 bits per heavy atom. The van der Waals surface area contributed by atoms with E-state index < -0.39 is 0 Å². The summed E-state index contributed by atoms with van der Waals surface area (Å²) in [6.07, 6.45) is 1.28. The first-order chi connectivity index (χ1) is 10.6. The second-order valence-electron chi connectivity index (χ2n) is 6.67. The topological polar surface area (TPSA) is 46.3 Å². The van der Waals surface area contributed by atoms with Gasteiger partial charge in [0.1, 0.15) is 5.82 Å². The van der Waals surface area contributed by atoms with Crippen molar-refractivity contribution in [1.82, 2.24) is 19.6 Å². The van der Waals surface area contributed by atoms with Crippen LogP contribution in [0.25, 0.3) is 16.6 Å². The van der Waals surface area contributed by atoms with Gasteiger partial charge < -0.3 is 4.90 Å². The number of benzene rings is 1. The summed E-state index contributed by atoms with van der Waals surface area (Å²) in [7, 11) is 0. The van der Waals surface area contributed by atoms with Gasteiger partial charge in [-0.05, 0) is 37.3 Å². The molecule has 5 heteroatoms. The molecule has 2 atom stereocenters. The summed E-state index contributed by atoms with van der Waals surface area (Å²) in [6, 6.07) is 8.18. The molecule has 5 nitrogen and oxygen atoms in total. The summed E-state index contributed by atoms with van der Waals surface area (Å²) in [5.41, 5.74) is 1.90. The molecule has 1 aromatic carbocycles. The van der Waals surface area contributed by atoms with Gasteiger partial charge in [-0.2, -0.15) is 4.52 Å². The zero-order chi connectivity index (χ0) is 15.3. The Balaban J connectivity index is 1.95. The van der Waals surface area contributed by atoms with Gasteiger partial charge in [0.05, 0.1) is 5.52 Å². The number of para-hydroxylation sites is 1. The highest BCUT2D eigenvalue weighted by Crippen LogP contribution is 2.28. The Hall–Kier alpha value is -2.17. The van der Waals surface area contributed by atoms with Crippen LogP contribution in [-0.2, 0) is 0 Å². The fourth-order valence-corrected chi connectivity index (χ4v) is 3.68. The van der Waals surface area contributed by atoms with Crippen LogP contribution in [-0.4, -0.2) is 32.7 Å². The number of piperidine rings is 1. The number of aryl methyl sites for hydroxylation is 1. The molecule has 0 spiro atoms. The molecule has 1 saturated heterocycles. The molecule has 1 aliphatic heterocycles. The number of hydrogen-bond acceptors (Lipinski definition) is 4. The first-order valence-corrected chi connectivity index (χ1v) is 7.99. The highest BCUT2D eigenvalue weighted by atomic mass is 15.4. The van der Waals surface area contributed by atoms with Crippen LogP contribution in [0.3, 0.4) is 0 Å². The normalized spacial score (nSPS) is 22.6. The van der Waals surface area contributed by atoms with Gasteiger partial charge in [0, 0.05) is 18.5 Å². The van der Waals surface area contributed by atoms with E-state index >= 15 is 0 Å². The summed E-state index contributed by atoms with van der Waals surface area (Å²) < 4.78 is 1.92. The third kappa shape index (κ3) is 2.12. The van der Waals surface area contributed by atoms with E-state index in [9.17, 15) is 0 Å². The van der Waals surface area contributed by atoms with Gasteiger partial charge in [-0.25, -0.2) is 9.97 Å². The lowest BCUT2D eigenvalue weighted by Crippen LogP contribution is -2.40. The third-order valence-corrected chi connectivity index (χ3v) is 4.42. The monoisotopic (exact) mass is 295 g/mol. The first kappa shape index (κ1) is 13.5. The van der Waals surface area contributed by atoms with E-state index in [2.05, 4.69) is 41.0 Å². The number of fused-ring (bicyclic) bond motifs is 3. The third-order valence-electron chi connectivity index (χ3n) is 4.42. The highest BCUT2D eigenvalue weighted by molar-refractivity contribution is 5.92. The Morgan fingerprint density at radius 3 is 2.55 bits per heavy atom. The van der Waals surface area contributed by atoms with Crippen LogP contribution >= 0.6 is 0 Å². The van der Waals surface area contributed by atoms with E-state index in [1.54, 1.807) is 0 Å². The quantitative estimate of drug-likeness (QED) is 0.692. The van der Waals surface area contributed by atoms with Crippen molar-refractivity contribution >= 4 is 22.5 Å². The van der Waals surface area contributed by atoms with E-state index in [0.29, 0.717) is 11.8 Å². The van der Waals surface area contributed by atoms with Crippen molar-refractivity contribution in [1.29, 1.82) is 0 Å². The number of aromatic nitrogens is 4. The molecule has 0 N–H and O–H groups in total. The largest absolute Gasteiger partial charge is 0.340 e.